The molecule has 2 aromatic carbocycles. The van der Waals surface area contributed by atoms with Crippen LogP contribution in [0, 0.1) is 46.5 Å². The van der Waals surface area contributed by atoms with Gasteiger partial charge in [-0.1, -0.05) is 74.0 Å². The molecule has 4 rings (SSSR count). The minimum Gasteiger partial charge on any atom is -0.774 e. The predicted octanol–water partition coefficient (Wildman–Crippen LogP) is 7.59. The maximum atomic E-state index is 12.7. The van der Waals surface area contributed by atoms with Gasteiger partial charge >= 0.3 is 33.0 Å². The number of halogens is 8. The first kappa shape index (κ1) is 36.9. The number of hydrogen-bond donors (Lipinski definition) is 2. The second kappa shape index (κ2) is 17.6. The van der Waals surface area contributed by atoms with Crippen molar-refractivity contribution in [2.45, 2.75) is 74.0 Å². The van der Waals surface area contributed by atoms with Crippen molar-refractivity contribution in [3.8, 4) is 0 Å². The van der Waals surface area contributed by atoms with Gasteiger partial charge in [0.1, 0.15) is 34.4 Å². The van der Waals surface area contributed by atoms with Gasteiger partial charge in [0.25, 0.3) is 0 Å². The molecule has 214 valence electrons. The Morgan fingerprint density at radius 1 is 0.436 bits per heavy atom. The fourth-order valence-electron chi connectivity index (χ4n) is 3.37. The molecular formula is C24H22F8MoO4S2+2. The van der Waals surface area contributed by atoms with Gasteiger partial charge in [-0.25, -0.2) is 44.7 Å². The van der Waals surface area contributed by atoms with E-state index in [1.807, 2.05) is 0 Å². The molecule has 0 atom stereocenters. The molecule has 2 saturated carbocycles. The molecule has 0 aromatic heterocycles. The van der Waals surface area contributed by atoms with E-state index < -0.39 is 79.4 Å². The molecule has 2 aromatic rings. The van der Waals surface area contributed by atoms with Crippen molar-refractivity contribution in [1.29, 1.82) is 0 Å². The molecule has 0 saturated heterocycles. The SMILES string of the molecule is C1CCCC1.C1CCCC1.O=C(O)c1c(F)c(F)c([S-])c(F)c1F.O=C(O)c1c(F)c(F)c([S-])c(F)c1F.[Mo+4]. The first-order chi connectivity index (χ1) is 17.7. The average molecular weight is 686 g/mol. The van der Waals surface area contributed by atoms with E-state index in [2.05, 4.69) is 25.3 Å². The molecule has 2 fully saturated rings. The second-order valence-electron chi connectivity index (χ2n) is 8.07. The Balaban J connectivity index is 0.000000537. The Morgan fingerprint density at radius 3 is 0.718 bits per heavy atom. The van der Waals surface area contributed by atoms with E-state index in [0.29, 0.717) is 0 Å². The maximum absolute atomic E-state index is 12.7. The van der Waals surface area contributed by atoms with Gasteiger partial charge in [-0.15, -0.1) is 0 Å². The monoisotopic (exact) mass is 688 g/mol. The summed E-state index contributed by atoms with van der Waals surface area (Å²) in [6, 6.07) is 0. The van der Waals surface area contributed by atoms with Crippen LogP contribution >= 0.6 is 0 Å². The van der Waals surface area contributed by atoms with Gasteiger partial charge in [-0.05, 0) is 0 Å². The van der Waals surface area contributed by atoms with Gasteiger partial charge in [-0.2, -0.15) is 0 Å². The molecule has 2 N–H and O–H groups in total. The van der Waals surface area contributed by atoms with Crippen LogP contribution in [-0.4, -0.2) is 22.2 Å². The molecule has 0 radical (unpaired) electrons. The molecule has 0 aliphatic heterocycles. The molecule has 0 bridgehead atoms. The number of carboxylic acids is 2. The molecule has 0 amide bonds. The van der Waals surface area contributed by atoms with Crippen molar-refractivity contribution in [2.24, 2.45) is 0 Å². The Bertz CT molecular complexity index is 997. The number of hydrogen-bond acceptors (Lipinski definition) is 4. The Hall–Kier alpha value is -2.05. The third kappa shape index (κ3) is 10.1. The van der Waals surface area contributed by atoms with Gasteiger partial charge in [0.15, 0.2) is 23.3 Å². The van der Waals surface area contributed by atoms with Gasteiger partial charge in [0, 0.05) is 0 Å². The number of carbonyl (C=O) groups is 2. The van der Waals surface area contributed by atoms with Crippen LogP contribution in [0.5, 0.6) is 0 Å². The molecule has 0 heterocycles. The Kier molecular flexibility index (Phi) is 16.7. The minimum atomic E-state index is -2.10. The molecule has 2 aliphatic rings. The topological polar surface area (TPSA) is 74.6 Å². The van der Waals surface area contributed by atoms with E-state index in [-0.39, 0.29) is 21.1 Å². The van der Waals surface area contributed by atoms with Crippen molar-refractivity contribution >= 4 is 37.2 Å². The molecule has 15 heteroatoms. The predicted molar refractivity (Wildman–Crippen MR) is 124 cm³/mol. The zero-order valence-corrected chi connectivity index (χ0v) is 23.7. The Labute approximate surface area is 244 Å². The van der Waals surface area contributed by atoms with Crippen molar-refractivity contribution in [3.63, 3.8) is 0 Å². The molecule has 4 nitrogen and oxygen atoms in total. The normalized spacial score (nSPS) is 13.5. The van der Waals surface area contributed by atoms with E-state index in [1.54, 1.807) is 0 Å². The van der Waals surface area contributed by atoms with Crippen LogP contribution in [0.3, 0.4) is 0 Å². The molecule has 0 unspecified atom stereocenters. The van der Waals surface area contributed by atoms with E-state index in [4.69, 9.17) is 10.2 Å². The van der Waals surface area contributed by atoms with Crippen LogP contribution in [-0.2, 0) is 46.3 Å². The minimum absolute atomic E-state index is 0. The van der Waals surface area contributed by atoms with Crippen LogP contribution in [0.1, 0.15) is 84.9 Å². The van der Waals surface area contributed by atoms with E-state index in [9.17, 15) is 44.7 Å². The van der Waals surface area contributed by atoms with Crippen molar-refractivity contribution in [1.82, 2.24) is 0 Å². The summed E-state index contributed by atoms with van der Waals surface area (Å²) >= 11 is 7.99. The third-order valence-electron chi connectivity index (χ3n) is 5.37. The Morgan fingerprint density at radius 2 is 0.590 bits per heavy atom. The van der Waals surface area contributed by atoms with Crippen molar-refractivity contribution in [3.05, 3.63) is 57.7 Å². The zero-order chi connectivity index (χ0) is 29.2. The number of aromatic carboxylic acids is 2. The summed E-state index contributed by atoms with van der Waals surface area (Å²) < 4.78 is 101. The summed E-state index contributed by atoms with van der Waals surface area (Å²) in [5, 5.41) is 16.5. The third-order valence-corrected chi connectivity index (χ3v) is 6.09. The summed E-state index contributed by atoms with van der Waals surface area (Å²) in [5.41, 5.74) is -3.37. The largest absolute Gasteiger partial charge is 4.00 e. The van der Waals surface area contributed by atoms with Crippen LogP contribution in [0.4, 0.5) is 35.1 Å². The van der Waals surface area contributed by atoms with E-state index >= 15 is 0 Å². The fourth-order valence-corrected chi connectivity index (χ4v) is 3.72. The summed E-state index contributed by atoms with van der Waals surface area (Å²) in [5.74, 6) is -19.7. The molecule has 2 aliphatic carbocycles. The summed E-state index contributed by atoms with van der Waals surface area (Å²) in [4.78, 5) is 17.8. The molecule has 39 heavy (non-hydrogen) atoms. The molecule has 0 spiro atoms. The maximum Gasteiger partial charge on any atom is 4.00 e. The molecular weight excluding hydrogens is 664 g/mol. The summed E-state index contributed by atoms with van der Waals surface area (Å²) in [6.45, 7) is 0. The van der Waals surface area contributed by atoms with Gasteiger partial charge in [0.2, 0.25) is 0 Å². The van der Waals surface area contributed by atoms with E-state index in [1.165, 1.54) is 64.2 Å². The van der Waals surface area contributed by atoms with Gasteiger partial charge in [0.05, 0.1) is 0 Å². The average Bonchev–Trinajstić information content (AvgIpc) is 3.63. The van der Waals surface area contributed by atoms with Crippen LogP contribution < -0.4 is 0 Å². The van der Waals surface area contributed by atoms with Gasteiger partial charge < -0.3 is 35.5 Å². The van der Waals surface area contributed by atoms with Crippen LogP contribution in [0.25, 0.3) is 0 Å². The van der Waals surface area contributed by atoms with Crippen molar-refractivity contribution < 1.29 is 76.0 Å². The smallest absolute Gasteiger partial charge is 0.774 e. The van der Waals surface area contributed by atoms with E-state index in [0.717, 1.165) is 0 Å². The summed E-state index contributed by atoms with van der Waals surface area (Å²) in [7, 11) is 0. The number of carboxylic acid groups (broad SMARTS) is 2. The van der Waals surface area contributed by atoms with Crippen LogP contribution in [0.15, 0.2) is 9.79 Å². The second-order valence-corrected chi connectivity index (χ2v) is 8.88. The number of rotatable bonds is 2. The van der Waals surface area contributed by atoms with Crippen LogP contribution in [0.2, 0.25) is 0 Å². The first-order valence-electron chi connectivity index (χ1n) is 11.3. The number of benzene rings is 2. The van der Waals surface area contributed by atoms with Crippen molar-refractivity contribution in [2.75, 3.05) is 0 Å². The van der Waals surface area contributed by atoms with Gasteiger partial charge in [-0.3, -0.25) is 0 Å². The standard InChI is InChI=1S/2C7H2F4O2S.2C5H10.Mo/c2*8-2-1(7(12)13)3(9)5(11)6(14)4(2)10;2*1-2-4-5-3-1;/h2*14H,(H,12,13);2*1-5H2;/q;;;;+4/p-2. The fraction of sp³-hybridized carbons (Fsp3) is 0.417. The quantitative estimate of drug-likeness (QED) is 0.147. The first-order valence-corrected chi connectivity index (χ1v) is 12.1. The zero-order valence-electron chi connectivity index (χ0n) is 20.0. The summed E-state index contributed by atoms with van der Waals surface area (Å²) in [6.07, 6.45) is 15.0.